The van der Waals surface area contributed by atoms with E-state index in [2.05, 4.69) is 5.32 Å². The molecule has 3 aromatic carbocycles. The van der Waals surface area contributed by atoms with Crippen molar-refractivity contribution in [2.45, 2.75) is 18.6 Å². The van der Waals surface area contributed by atoms with E-state index >= 15 is 0 Å². The van der Waals surface area contributed by atoms with Crippen molar-refractivity contribution in [3.63, 3.8) is 0 Å². The molecule has 2 atom stereocenters. The molecule has 0 amide bonds. The quantitative estimate of drug-likeness (QED) is 0.378. The van der Waals surface area contributed by atoms with Gasteiger partial charge < -0.3 is 15.5 Å². The largest absolute Gasteiger partial charge is 0.478 e. The highest BCUT2D eigenvalue weighted by Gasteiger charge is 2.19. The van der Waals surface area contributed by atoms with Gasteiger partial charge in [-0.15, -0.1) is 0 Å². The summed E-state index contributed by atoms with van der Waals surface area (Å²) < 4.78 is 0. The number of carbonyl (C=O) groups is 1. The maximum Gasteiger partial charge on any atom is 0.335 e. The van der Waals surface area contributed by atoms with E-state index in [-0.39, 0.29) is 11.6 Å². The average Bonchev–Trinajstić information content (AvgIpc) is 2.70. The average molecular weight is 451 g/mol. The van der Waals surface area contributed by atoms with Gasteiger partial charge in [0.25, 0.3) is 0 Å². The third-order valence-corrected chi connectivity index (χ3v) is 5.52. The van der Waals surface area contributed by atoms with Crippen LogP contribution in [0.3, 0.4) is 0 Å². The van der Waals surface area contributed by atoms with Gasteiger partial charge in [0.05, 0.1) is 27.8 Å². The Morgan fingerprint density at radius 3 is 2.07 bits per heavy atom. The summed E-state index contributed by atoms with van der Waals surface area (Å²) in [5, 5.41) is 24.6. The Labute approximate surface area is 183 Å². The van der Waals surface area contributed by atoms with Gasteiger partial charge >= 0.3 is 5.97 Å². The van der Waals surface area contributed by atoms with Gasteiger partial charge in [0.2, 0.25) is 0 Å². The molecule has 0 aromatic heterocycles. The molecule has 150 valence electrons. The molecule has 7 heteroatoms. The van der Waals surface area contributed by atoms with E-state index in [1.807, 2.05) is 6.07 Å². The first-order valence-corrected chi connectivity index (χ1v) is 9.95. The second-order valence-electron chi connectivity index (χ2n) is 6.56. The van der Waals surface area contributed by atoms with Crippen LogP contribution in [0.4, 0.5) is 5.69 Å². The van der Waals surface area contributed by atoms with Gasteiger partial charge in [-0.1, -0.05) is 53.0 Å². The molecule has 2 unspecified atom stereocenters. The van der Waals surface area contributed by atoms with Crippen molar-refractivity contribution in [3.8, 4) is 0 Å². The number of carboxylic acids is 1. The lowest BCUT2D eigenvalue weighted by Gasteiger charge is -2.24. The standard InChI is InChI=1S/C22H18Cl3NO3/c23-16-6-1-13(2-7-16)21(27)12-20(15-5-10-18(24)19(25)11-15)26-17-8-3-14(4-9-17)22(28)29/h1-11,20-21,26-27H,12H2,(H,28,29). The van der Waals surface area contributed by atoms with Crippen LogP contribution < -0.4 is 5.32 Å². The molecule has 3 aromatic rings. The highest BCUT2D eigenvalue weighted by Crippen LogP contribution is 2.33. The van der Waals surface area contributed by atoms with Gasteiger partial charge in [0.1, 0.15) is 0 Å². The van der Waals surface area contributed by atoms with E-state index < -0.39 is 12.1 Å². The molecule has 0 saturated heterocycles. The third-order valence-electron chi connectivity index (χ3n) is 4.53. The fourth-order valence-corrected chi connectivity index (χ4v) is 3.39. The zero-order valence-corrected chi connectivity index (χ0v) is 17.4. The highest BCUT2D eigenvalue weighted by molar-refractivity contribution is 6.42. The number of anilines is 1. The van der Waals surface area contributed by atoms with E-state index in [1.54, 1.807) is 48.5 Å². The van der Waals surface area contributed by atoms with Crippen LogP contribution in [0.25, 0.3) is 0 Å². The van der Waals surface area contributed by atoms with E-state index in [0.717, 1.165) is 16.8 Å². The predicted molar refractivity (Wildman–Crippen MR) is 117 cm³/mol. The molecule has 0 aliphatic heterocycles. The van der Waals surface area contributed by atoms with Crippen LogP contribution in [0.2, 0.25) is 15.1 Å². The maximum atomic E-state index is 11.1. The minimum Gasteiger partial charge on any atom is -0.478 e. The summed E-state index contributed by atoms with van der Waals surface area (Å²) in [6.07, 6.45) is -0.405. The number of rotatable bonds is 7. The van der Waals surface area contributed by atoms with Crippen LogP contribution in [-0.2, 0) is 0 Å². The molecule has 0 aliphatic rings. The first-order chi connectivity index (χ1) is 13.8. The van der Waals surface area contributed by atoms with Gasteiger partial charge in [-0.2, -0.15) is 0 Å². The number of hydrogen-bond donors (Lipinski definition) is 3. The normalized spacial score (nSPS) is 13.0. The molecular formula is C22H18Cl3NO3. The van der Waals surface area contributed by atoms with Gasteiger partial charge in [0.15, 0.2) is 0 Å². The first kappa shape index (κ1) is 21.5. The zero-order chi connectivity index (χ0) is 21.0. The van der Waals surface area contributed by atoms with Crippen LogP contribution in [0, 0.1) is 0 Å². The van der Waals surface area contributed by atoms with Crippen molar-refractivity contribution in [3.05, 3.63) is 98.5 Å². The van der Waals surface area contributed by atoms with Crippen LogP contribution in [0.1, 0.15) is 40.1 Å². The van der Waals surface area contributed by atoms with Gasteiger partial charge in [-0.25, -0.2) is 4.79 Å². The second kappa shape index (κ2) is 9.51. The lowest BCUT2D eigenvalue weighted by Crippen LogP contribution is -2.15. The van der Waals surface area contributed by atoms with E-state index in [4.69, 9.17) is 39.9 Å². The van der Waals surface area contributed by atoms with Crippen molar-refractivity contribution in [2.24, 2.45) is 0 Å². The summed E-state index contributed by atoms with van der Waals surface area (Å²) in [6, 6.07) is 18.4. The number of nitrogens with one attached hydrogen (secondary N) is 1. The number of aliphatic hydroxyl groups excluding tert-OH is 1. The van der Waals surface area contributed by atoms with Gasteiger partial charge in [-0.3, -0.25) is 0 Å². The molecule has 0 bridgehead atoms. The molecule has 0 fully saturated rings. The Hall–Kier alpha value is -2.24. The minimum absolute atomic E-state index is 0.197. The topological polar surface area (TPSA) is 69.6 Å². The number of aliphatic hydroxyl groups is 1. The number of hydrogen-bond acceptors (Lipinski definition) is 3. The summed E-state index contributed by atoms with van der Waals surface area (Å²) >= 11 is 18.2. The van der Waals surface area contributed by atoms with E-state index in [9.17, 15) is 9.90 Å². The number of aromatic carboxylic acids is 1. The number of carboxylic acid groups (broad SMARTS) is 1. The smallest absolute Gasteiger partial charge is 0.335 e. The van der Waals surface area contributed by atoms with Crippen LogP contribution >= 0.6 is 34.8 Å². The highest BCUT2D eigenvalue weighted by atomic mass is 35.5. The number of benzene rings is 3. The molecular weight excluding hydrogens is 433 g/mol. The summed E-state index contributed by atoms with van der Waals surface area (Å²) in [4.78, 5) is 11.1. The molecule has 4 nitrogen and oxygen atoms in total. The molecule has 0 saturated carbocycles. The van der Waals surface area contributed by atoms with Gasteiger partial charge in [0, 0.05) is 17.1 Å². The SMILES string of the molecule is O=C(O)c1ccc(NC(CC(O)c2ccc(Cl)cc2)c2ccc(Cl)c(Cl)c2)cc1. The van der Waals surface area contributed by atoms with E-state index in [1.165, 1.54) is 12.1 Å². The van der Waals surface area contributed by atoms with Crippen molar-refractivity contribution in [2.75, 3.05) is 5.32 Å². The summed E-state index contributed by atoms with van der Waals surface area (Å²) in [7, 11) is 0. The molecule has 0 heterocycles. The van der Waals surface area contributed by atoms with Crippen molar-refractivity contribution in [1.82, 2.24) is 0 Å². The Bertz CT molecular complexity index is 991. The maximum absolute atomic E-state index is 11.1. The molecule has 0 radical (unpaired) electrons. The Kier molecular flexibility index (Phi) is 7.04. The molecule has 3 rings (SSSR count). The fourth-order valence-electron chi connectivity index (χ4n) is 2.96. The first-order valence-electron chi connectivity index (χ1n) is 8.82. The van der Waals surface area contributed by atoms with Crippen LogP contribution in [0.5, 0.6) is 0 Å². The monoisotopic (exact) mass is 449 g/mol. The van der Waals surface area contributed by atoms with E-state index in [0.29, 0.717) is 21.5 Å². The fraction of sp³-hybridized carbons (Fsp3) is 0.136. The summed E-state index contributed by atoms with van der Waals surface area (Å²) in [5.41, 5.74) is 2.49. The minimum atomic E-state index is -0.990. The zero-order valence-electron chi connectivity index (χ0n) is 15.1. The summed E-state index contributed by atoms with van der Waals surface area (Å²) in [6.45, 7) is 0. The van der Waals surface area contributed by atoms with Crippen molar-refractivity contribution < 1.29 is 15.0 Å². The second-order valence-corrected chi connectivity index (χ2v) is 7.81. The van der Waals surface area contributed by atoms with Crippen molar-refractivity contribution >= 4 is 46.5 Å². The molecule has 0 aliphatic carbocycles. The van der Waals surface area contributed by atoms with Crippen molar-refractivity contribution in [1.29, 1.82) is 0 Å². The van der Waals surface area contributed by atoms with Gasteiger partial charge in [-0.05, 0) is 59.7 Å². The molecule has 29 heavy (non-hydrogen) atoms. The third kappa shape index (κ3) is 5.64. The van der Waals surface area contributed by atoms with Crippen LogP contribution in [-0.4, -0.2) is 16.2 Å². The summed E-state index contributed by atoms with van der Waals surface area (Å²) in [5.74, 6) is -0.990. The van der Waals surface area contributed by atoms with Crippen LogP contribution in [0.15, 0.2) is 66.7 Å². The molecule has 0 spiro atoms. The molecule has 3 N–H and O–H groups in total. The lowest BCUT2D eigenvalue weighted by molar-refractivity contribution is 0.0697. The Morgan fingerprint density at radius 2 is 1.48 bits per heavy atom. The predicted octanol–water partition coefficient (Wildman–Crippen LogP) is 6.62. The Morgan fingerprint density at radius 1 is 0.862 bits per heavy atom. The number of halogens is 3. The lowest BCUT2D eigenvalue weighted by atomic mass is 9.96. The Balaban J connectivity index is 1.87.